The first-order valence-electron chi connectivity index (χ1n) is 1.91. The van der Waals surface area contributed by atoms with Crippen molar-refractivity contribution in [1.82, 2.24) is 0 Å². The van der Waals surface area contributed by atoms with Gasteiger partial charge in [-0.25, -0.2) is 0 Å². The molecule has 4 heteroatoms. The van der Waals surface area contributed by atoms with Gasteiger partial charge in [0.1, 0.15) is 0 Å². The fourth-order valence-electron chi connectivity index (χ4n) is 0.169. The van der Waals surface area contributed by atoms with Crippen molar-refractivity contribution >= 4 is 34.7 Å². The molecule has 0 radical (unpaired) electrons. The first kappa shape index (κ1) is 22.4. The summed E-state index contributed by atoms with van der Waals surface area (Å²) in [6.07, 6.45) is 6.66. The van der Waals surface area contributed by atoms with Gasteiger partial charge in [-0.15, -0.1) is 23.9 Å². The molecule has 0 heterocycles. The molecule has 0 aromatic heterocycles. The minimum absolute atomic E-state index is 0. The Bertz CT molecular complexity index is 62.5. The minimum atomic E-state index is 0. The van der Waals surface area contributed by atoms with E-state index in [1.807, 2.05) is 0 Å². The summed E-state index contributed by atoms with van der Waals surface area (Å²) in [6.45, 7) is 0. The van der Waals surface area contributed by atoms with Gasteiger partial charge in [0.05, 0.1) is 0 Å². The first-order valence-corrected chi connectivity index (χ1v) is 2.44. The molecule has 0 N–H and O–H groups in total. The molecular formula is C5H7Br2ClMg. The standard InChI is InChI=1S/C5H7Cl.2BrH.Mg/c1-2-3-4-5-6;;;/h1H,3-5H2;2*1H;/q;;;+2/p-2. The Morgan fingerprint density at radius 3 is 1.89 bits per heavy atom. The van der Waals surface area contributed by atoms with Gasteiger partial charge in [0.25, 0.3) is 0 Å². The average Bonchev–Trinajstić information content (AvgIpc) is 1.61. The predicted octanol–water partition coefficient (Wildman–Crippen LogP) is -4.73. The summed E-state index contributed by atoms with van der Waals surface area (Å²) in [6, 6.07) is 0. The molecule has 0 bridgehead atoms. The van der Waals surface area contributed by atoms with Gasteiger partial charge in [-0.3, -0.25) is 0 Å². The number of hydrogen-bond donors (Lipinski definition) is 0. The van der Waals surface area contributed by atoms with Gasteiger partial charge in [0.15, 0.2) is 0 Å². The van der Waals surface area contributed by atoms with E-state index in [4.69, 9.17) is 18.0 Å². The number of unbranched alkanes of at least 4 members (excludes halogenated alkanes) is 1. The van der Waals surface area contributed by atoms with Crippen molar-refractivity contribution in [3.8, 4) is 12.3 Å². The van der Waals surface area contributed by atoms with Crippen molar-refractivity contribution in [3.63, 3.8) is 0 Å². The topological polar surface area (TPSA) is 0 Å². The maximum atomic E-state index is 5.28. The van der Waals surface area contributed by atoms with Crippen LogP contribution in [0, 0.1) is 12.3 Å². The molecule has 0 aromatic rings. The van der Waals surface area contributed by atoms with E-state index in [0.717, 1.165) is 12.8 Å². The molecule has 0 saturated heterocycles. The Hall–Kier alpha value is 1.58. The molecule has 9 heavy (non-hydrogen) atoms. The van der Waals surface area contributed by atoms with Crippen LogP contribution in [0.1, 0.15) is 12.8 Å². The van der Waals surface area contributed by atoms with E-state index in [1.54, 1.807) is 0 Å². The molecule has 0 spiro atoms. The molecule has 0 amide bonds. The van der Waals surface area contributed by atoms with Gasteiger partial charge < -0.3 is 34.0 Å². The van der Waals surface area contributed by atoms with Gasteiger partial charge in [-0.2, -0.15) is 0 Å². The van der Waals surface area contributed by atoms with Crippen LogP contribution in [0.3, 0.4) is 0 Å². The van der Waals surface area contributed by atoms with Gasteiger partial charge >= 0.3 is 23.1 Å². The van der Waals surface area contributed by atoms with E-state index in [-0.39, 0.29) is 57.0 Å². The summed E-state index contributed by atoms with van der Waals surface area (Å²) in [5, 5.41) is 0. The zero-order valence-corrected chi connectivity index (χ0v) is 10.4. The van der Waals surface area contributed by atoms with E-state index < -0.39 is 0 Å². The van der Waals surface area contributed by atoms with Gasteiger partial charge in [0, 0.05) is 12.3 Å². The van der Waals surface area contributed by atoms with Crippen LogP contribution in [0.25, 0.3) is 0 Å². The second-order valence-electron chi connectivity index (χ2n) is 0.997. The second kappa shape index (κ2) is 22.7. The van der Waals surface area contributed by atoms with Crippen LogP contribution in [-0.4, -0.2) is 28.9 Å². The Kier molecular flexibility index (Phi) is 56.4. The molecule has 0 unspecified atom stereocenters. The molecule has 0 saturated carbocycles. The molecule has 50 valence electrons. The van der Waals surface area contributed by atoms with E-state index in [9.17, 15) is 0 Å². The Balaban J connectivity index is -0.0000000417. The van der Waals surface area contributed by atoms with Crippen LogP contribution < -0.4 is 34.0 Å². The van der Waals surface area contributed by atoms with Crippen molar-refractivity contribution in [1.29, 1.82) is 0 Å². The predicted molar refractivity (Wildman–Crippen MR) is 34.5 cm³/mol. The molecule has 0 aliphatic carbocycles. The Morgan fingerprint density at radius 2 is 1.78 bits per heavy atom. The number of terminal acetylenes is 1. The number of halogens is 3. The van der Waals surface area contributed by atoms with Crippen LogP contribution in [0.5, 0.6) is 0 Å². The summed E-state index contributed by atoms with van der Waals surface area (Å²) in [4.78, 5) is 0. The number of hydrogen-bond acceptors (Lipinski definition) is 0. The molecule has 0 rings (SSSR count). The van der Waals surface area contributed by atoms with E-state index in [2.05, 4.69) is 5.92 Å². The molecule has 0 aromatic carbocycles. The van der Waals surface area contributed by atoms with Gasteiger partial charge in [0.2, 0.25) is 0 Å². The third kappa shape index (κ3) is 26.2. The Morgan fingerprint density at radius 1 is 1.33 bits per heavy atom. The maximum Gasteiger partial charge on any atom is 2.00 e. The van der Waals surface area contributed by atoms with E-state index in [0.29, 0.717) is 5.88 Å². The molecule has 0 nitrogen and oxygen atoms in total. The molecule has 0 aliphatic heterocycles. The van der Waals surface area contributed by atoms with Crippen molar-refractivity contribution < 1.29 is 34.0 Å². The van der Waals surface area contributed by atoms with Crippen molar-refractivity contribution in [2.75, 3.05) is 5.88 Å². The average molecular weight is 287 g/mol. The van der Waals surface area contributed by atoms with Crippen molar-refractivity contribution in [2.24, 2.45) is 0 Å². The largest absolute Gasteiger partial charge is 2.00 e. The first-order chi connectivity index (χ1) is 2.91. The summed E-state index contributed by atoms with van der Waals surface area (Å²) in [5.74, 6) is 3.17. The minimum Gasteiger partial charge on any atom is -1.00 e. The Labute approximate surface area is 98.8 Å². The summed E-state index contributed by atoms with van der Waals surface area (Å²) in [7, 11) is 0. The zero-order chi connectivity index (χ0) is 4.83. The second-order valence-corrected chi connectivity index (χ2v) is 1.37. The third-order valence-electron chi connectivity index (χ3n) is 0.455. The molecule has 0 fully saturated rings. The quantitative estimate of drug-likeness (QED) is 0.207. The van der Waals surface area contributed by atoms with Crippen LogP contribution in [0.4, 0.5) is 0 Å². The van der Waals surface area contributed by atoms with Crippen LogP contribution in [0.2, 0.25) is 0 Å². The fraction of sp³-hybridized carbons (Fsp3) is 0.600. The SMILES string of the molecule is C#CCCCCl.[Br-].[Br-].[Mg+2]. The van der Waals surface area contributed by atoms with Crippen LogP contribution in [0.15, 0.2) is 0 Å². The van der Waals surface area contributed by atoms with Crippen molar-refractivity contribution in [2.45, 2.75) is 12.8 Å². The molecule has 0 aliphatic rings. The summed E-state index contributed by atoms with van der Waals surface area (Å²) < 4.78 is 0. The fourth-order valence-corrected chi connectivity index (χ4v) is 0.303. The monoisotopic (exact) mass is 284 g/mol. The molecular weight excluding hydrogens is 280 g/mol. The van der Waals surface area contributed by atoms with Crippen LogP contribution >= 0.6 is 11.6 Å². The summed E-state index contributed by atoms with van der Waals surface area (Å²) in [5.41, 5.74) is 0. The number of alkyl halides is 1. The normalized spacial score (nSPS) is 4.89. The zero-order valence-electron chi connectivity index (χ0n) is 5.04. The van der Waals surface area contributed by atoms with Crippen molar-refractivity contribution in [3.05, 3.63) is 0 Å². The summed E-state index contributed by atoms with van der Waals surface area (Å²) >= 11 is 5.28. The van der Waals surface area contributed by atoms with E-state index >= 15 is 0 Å². The molecule has 0 atom stereocenters. The smallest absolute Gasteiger partial charge is 1.00 e. The van der Waals surface area contributed by atoms with Gasteiger partial charge in [-0.1, -0.05) is 0 Å². The third-order valence-corrected chi connectivity index (χ3v) is 0.722. The number of rotatable bonds is 2. The van der Waals surface area contributed by atoms with E-state index in [1.165, 1.54) is 0 Å². The maximum absolute atomic E-state index is 5.28. The van der Waals surface area contributed by atoms with Gasteiger partial charge in [-0.05, 0) is 6.42 Å². The van der Waals surface area contributed by atoms with Crippen LogP contribution in [-0.2, 0) is 0 Å².